The Morgan fingerprint density at radius 1 is 1.22 bits per heavy atom. The van der Waals surface area contributed by atoms with Gasteiger partial charge in [0.1, 0.15) is 0 Å². The lowest BCUT2D eigenvalue weighted by molar-refractivity contribution is -0.114. The third-order valence-corrected chi connectivity index (χ3v) is 3.11. The molecule has 0 aliphatic heterocycles. The highest BCUT2D eigenvalue weighted by Gasteiger charge is 2.17. The van der Waals surface area contributed by atoms with E-state index in [1.165, 1.54) is 21.1 Å². The predicted octanol–water partition coefficient (Wildman–Crippen LogP) is 1.42. The maximum Gasteiger partial charge on any atom is 0.251 e. The summed E-state index contributed by atoms with van der Waals surface area (Å²) in [6.45, 7) is 3.82. The number of rotatable bonds is 7. The van der Waals surface area contributed by atoms with E-state index < -0.39 is 0 Å². The summed E-state index contributed by atoms with van der Waals surface area (Å²) in [5.41, 5.74) is 0.769. The van der Waals surface area contributed by atoms with E-state index in [-0.39, 0.29) is 30.3 Å². The van der Waals surface area contributed by atoms with Gasteiger partial charge in [-0.3, -0.25) is 9.59 Å². The monoisotopic (exact) mass is 345 g/mol. The summed E-state index contributed by atoms with van der Waals surface area (Å²) >= 11 is 0. The van der Waals surface area contributed by atoms with Crippen LogP contribution >= 0.6 is 12.4 Å². The zero-order valence-electron chi connectivity index (χ0n) is 14.0. The third kappa shape index (κ3) is 5.96. The molecule has 0 fully saturated rings. The van der Waals surface area contributed by atoms with Crippen LogP contribution in [0.5, 0.6) is 11.5 Å². The van der Waals surface area contributed by atoms with Crippen molar-refractivity contribution in [1.82, 2.24) is 10.6 Å². The molecular weight excluding hydrogens is 322 g/mol. The summed E-state index contributed by atoms with van der Waals surface area (Å²) in [5, 5.41) is 8.48. The number of halogens is 1. The van der Waals surface area contributed by atoms with Gasteiger partial charge in [0.25, 0.3) is 5.91 Å². The molecular formula is C15H24ClN3O4. The fourth-order valence-corrected chi connectivity index (χ4v) is 1.83. The van der Waals surface area contributed by atoms with Crippen molar-refractivity contribution in [3.05, 3.63) is 17.7 Å². The Bertz CT molecular complexity index is 552. The lowest BCUT2D eigenvalue weighted by Gasteiger charge is -2.16. The summed E-state index contributed by atoms with van der Waals surface area (Å²) in [5.74, 6) is 0.231. The van der Waals surface area contributed by atoms with Gasteiger partial charge >= 0.3 is 0 Å². The quantitative estimate of drug-likeness (QED) is 0.695. The van der Waals surface area contributed by atoms with Gasteiger partial charge in [-0.2, -0.15) is 0 Å². The number of amides is 2. The first-order valence-electron chi connectivity index (χ1n) is 6.92. The van der Waals surface area contributed by atoms with Crippen molar-refractivity contribution in [3.63, 3.8) is 0 Å². The van der Waals surface area contributed by atoms with Crippen molar-refractivity contribution >= 4 is 29.9 Å². The third-order valence-electron chi connectivity index (χ3n) is 3.11. The Morgan fingerprint density at radius 3 is 2.35 bits per heavy atom. The molecule has 1 atom stereocenters. The predicted molar refractivity (Wildman–Crippen MR) is 92.0 cm³/mol. The molecule has 130 valence electrons. The van der Waals surface area contributed by atoms with Gasteiger partial charge in [-0.1, -0.05) is 0 Å². The number of ether oxygens (including phenoxy) is 2. The van der Waals surface area contributed by atoms with E-state index in [2.05, 4.69) is 16.0 Å². The summed E-state index contributed by atoms with van der Waals surface area (Å²) < 4.78 is 10.5. The van der Waals surface area contributed by atoms with Crippen molar-refractivity contribution in [1.29, 1.82) is 0 Å². The number of anilines is 1. The molecule has 1 rings (SSSR count). The van der Waals surface area contributed by atoms with Crippen LogP contribution in [0.15, 0.2) is 12.1 Å². The smallest absolute Gasteiger partial charge is 0.251 e. The first-order chi connectivity index (χ1) is 10.4. The average molecular weight is 346 g/mol. The van der Waals surface area contributed by atoms with Crippen molar-refractivity contribution in [2.75, 3.05) is 33.1 Å². The molecule has 0 radical (unpaired) electrons. The molecule has 0 bridgehead atoms. The maximum absolute atomic E-state index is 12.2. The molecule has 0 aromatic heterocycles. The minimum atomic E-state index is -0.262. The second kappa shape index (κ2) is 9.91. The zero-order chi connectivity index (χ0) is 16.7. The molecule has 0 saturated carbocycles. The van der Waals surface area contributed by atoms with E-state index in [9.17, 15) is 9.59 Å². The first-order valence-corrected chi connectivity index (χ1v) is 6.92. The van der Waals surface area contributed by atoms with Crippen LogP contribution < -0.4 is 25.4 Å². The molecule has 0 aliphatic rings. The van der Waals surface area contributed by atoms with Gasteiger partial charge in [-0.05, 0) is 26.1 Å². The summed E-state index contributed by atoms with van der Waals surface area (Å²) in [4.78, 5) is 23.5. The van der Waals surface area contributed by atoms with Gasteiger partial charge in [-0.25, -0.2) is 0 Å². The van der Waals surface area contributed by atoms with E-state index in [1.54, 1.807) is 12.1 Å². The Morgan fingerprint density at radius 2 is 1.87 bits per heavy atom. The highest BCUT2D eigenvalue weighted by Crippen LogP contribution is 2.36. The molecule has 23 heavy (non-hydrogen) atoms. The number of benzene rings is 1. The Labute approximate surface area is 142 Å². The molecule has 0 spiro atoms. The summed E-state index contributed by atoms with van der Waals surface area (Å²) in [6, 6.07) is 3.28. The SMILES string of the molecule is CNC(C)CNC(=O)c1cc(NC(C)=O)c(OC)c(OC)c1.Cl. The number of carbonyl (C=O) groups excluding carboxylic acids is 2. The molecule has 8 heteroatoms. The number of nitrogens with one attached hydrogen (secondary N) is 3. The highest BCUT2D eigenvalue weighted by molar-refractivity contribution is 5.99. The van der Waals surface area contributed by atoms with Gasteiger partial charge in [0.2, 0.25) is 5.91 Å². The fourth-order valence-electron chi connectivity index (χ4n) is 1.83. The number of carbonyl (C=O) groups is 2. The lowest BCUT2D eigenvalue weighted by Crippen LogP contribution is -2.37. The van der Waals surface area contributed by atoms with Gasteiger partial charge in [0.05, 0.1) is 19.9 Å². The normalized spacial score (nSPS) is 11.0. The molecule has 0 heterocycles. The van der Waals surface area contributed by atoms with Crippen LogP contribution in [0.1, 0.15) is 24.2 Å². The molecule has 1 aromatic carbocycles. The van der Waals surface area contributed by atoms with Crippen LogP contribution in [0.4, 0.5) is 5.69 Å². The van der Waals surface area contributed by atoms with Crippen molar-refractivity contribution in [2.45, 2.75) is 19.9 Å². The number of methoxy groups -OCH3 is 2. The molecule has 3 N–H and O–H groups in total. The largest absolute Gasteiger partial charge is 0.493 e. The van der Waals surface area contributed by atoms with E-state index in [0.717, 1.165) is 0 Å². The van der Waals surface area contributed by atoms with E-state index in [0.29, 0.717) is 29.3 Å². The molecule has 7 nitrogen and oxygen atoms in total. The second-order valence-electron chi connectivity index (χ2n) is 4.84. The number of hydrogen-bond acceptors (Lipinski definition) is 5. The molecule has 0 aliphatic carbocycles. The molecule has 0 saturated heterocycles. The number of likely N-dealkylation sites (N-methyl/N-ethyl adjacent to an activating group) is 1. The molecule has 1 unspecified atom stereocenters. The minimum Gasteiger partial charge on any atom is -0.493 e. The number of hydrogen-bond donors (Lipinski definition) is 3. The van der Waals surface area contributed by atoms with Crippen molar-refractivity contribution in [3.8, 4) is 11.5 Å². The van der Waals surface area contributed by atoms with Crippen LogP contribution in [-0.4, -0.2) is 45.7 Å². The average Bonchev–Trinajstić information content (AvgIpc) is 2.50. The summed E-state index contributed by atoms with van der Waals surface area (Å²) in [7, 11) is 4.76. The minimum absolute atomic E-state index is 0. The Balaban J connectivity index is 0.00000484. The summed E-state index contributed by atoms with van der Waals surface area (Å²) in [6.07, 6.45) is 0. The second-order valence-corrected chi connectivity index (χ2v) is 4.84. The van der Waals surface area contributed by atoms with Crippen molar-refractivity contribution < 1.29 is 19.1 Å². The molecule has 1 aromatic rings. The van der Waals surface area contributed by atoms with Crippen molar-refractivity contribution in [2.24, 2.45) is 0 Å². The van der Waals surface area contributed by atoms with Crippen LogP contribution in [0.3, 0.4) is 0 Å². The van der Waals surface area contributed by atoms with E-state index in [1.807, 2.05) is 14.0 Å². The first kappa shape index (κ1) is 21.0. The van der Waals surface area contributed by atoms with E-state index >= 15 is 0 Å². The van der Waals surface area contributed by atoms with E-state index in [4.69, 9.17) is 9.47 Å². The highest BCUT2D eigenvalue weighted by atomic mass is 35.5. The van der Waals surface area contributed by atoms with Gasteiger partial charge in [-0.15, -0.1) is 12.4 Å². The van der Waals surface area contributed by atoms with Gasteiger partial charge in [0, 0.05) is 25.1 Å². The van der Waals surface area contributed by atoms with Gasteiger partial charge in [0.15, 0.2) is 11.5 Å². The zero-order valence-corrected chi connectivity index (χ0v) is 14.8. The topological polar surface area (TPSA) is 88.7 Å². The lowest BCUT2D eigenvalue weighted by atomic mass is 10.1. The maximum atomic E-state index is 12.2. The Hall–Kier alpha value is -1.99. The van der Waals surface area contributed by atoms with Crippen LogP contribution in [0.2, 0.25) is 0 Å². The molecule has 2 amide bonds. The Kier molecular flexibility index (Phi) is 9.05. The van der Waals surface area contributed by atoms with Gasteiger partial charge < -0.3 is 25.4 Å². The van der Waals surface area contributed by atoms with Crippen LogP contribution in [0, 0.1) is 0 Å². The fraction of sp³-hybridized carbons (Fsp3) is 0.467. The van der Waals surface area contributed by atoms with Crippen LogP contribution in [-0.2, 0) is 4.79 Å². The van der Waals surface area contributed by atoms with Crippen LogP contribution in [0.25, 0.3) is 0 Å². The standard InChI is InChI=1S/C15H23N3O4.ClH/c1-9(16-3)8-17-15(20)11-6-12(18-10(2)19)14(22-5)13(7-11)21-4;/h6-7,9,16H,8H2,1-5H3,(H,17,20)(H,18,19);1H.